The normalized spacial score (nSPS) is 18.3. The Morgan fingerprint density at radius 1 is 1.19 bits per heavy atom. The van der Waals surface area contributed by atoms with Gasteiger partial charge in [0.05, 0.1) is 17.4 Å². The van der Waals surface area contributed by atoms with Crippen molar-refractivity contribution >= 4 is 11.8 Å². The molecule has 1 aliphatic carbocycles. The molecule has 1 amide bonds. The maximum atomic E-state index is 12.9. The molecule has 1 heterocycles. The molecule has 2 atom stereocenters. The number of ether oxygens (including phenoxy) is 1. The van der Waals surface area contributed by atoms with Crippen LogP contribution >= 0.6 is 0 Å². The van der Waals surface area contributed by atoms with Gasteiger partial charge in [0.2, 0.25) is 0 Å². The van der Waals surface area contributed by atoms with Crippen LogP contribution in [0.25, 0.3) is 0 Å². The monoisotopic (exact) mass is 642 g/mol. The van der Waals surface area contributed by atoms with Gasteiger partial charge in [0.25, 0.3) is 0 Å². The molecule has 2 unspecified atom stereocenters. The average Bonchev–Trinajstić information content (AvgIpc) is 3.22. The molecule has 0 radical (unpaired) electrons. The third kappa shape index (κ3) is 13.1. The van der Waals surface area contributed by atoms with Gasteiger partial charge < -0.3 is 14.5 Å². The third-order valence-corrected chi connectivity index (χ3v) is 8.31. The van der Waals surface area contributed by atoms with Crippen LogP contribution in [0.5, 0.6) is 0 Å². The topological polar surface area (TPSA) is 68.9 Å². The number of carbonyl (C=O) groups excluding carboxylic acids is 1. The number of nitrogens with zero attached hydrogens (tertiary/aromatic N) is 4. The third-order valence-electron chi connectivity index (χ3n) is 8.31. The number of unbranched alkanes of at least 4 members (excludes halogenated alkanes) is 1. The second kappa shape index (κ2) is 20.4. The van der Waals surface area contributed by atoms with Crippen LogP contribution in [0.15, 0.2) is 93.5 Å². The maximum absolute atomic E-state index is 12.9. The Morgan fingerprint density at radius 2 is 1.85 bits per heavy atom. The summed E-state index contributed by atoms with van der Waals surface area (Å²) in [4.78, 5) is 21.9. The van der Waals surface area contributed by atoms with Gasteiger partial charge in [-0.25, -0.2) is 4.79 Å². The van der Waals surface area contributed by atoms with Gasteiger partial charge in [-0.05, 0) is 96.1 Å². The summed E-state index contributed by atoms with van der Waals surface area (Å²) in [5.74, 6) is 0.370. The van der Waals surface area contributed by atoms with Gasteiger partial charge in [0.15, 0.2) is 0 Å². The van der Waals surface area contributed by atoms with Crippen molar-refractivity contribution in [3.63, 3.8) is 0 Å². The van der Waals surface area contributed by atoms with E-state index in [1.807, 2.05) is 50.8 Å². The number of aliphatic imine (C=N–C) groups is 1. The fourth-order valence-electron chi connectivity index (χ4n) is 5.76. The van der Waals surface area contributed by atoms with Gasteiger partial charge in [-0.1, -0.05) is 72.3 Å². The van der Waals surface area contributed by atoms with Crippen molar-refractivity contribution in [2.75, 3.05) is 19.6 Å². The van der Waals surface area contributed by atoms with E-state index in [2.05, 4.69) is 84.4 Å². The highest BCUT2D eigenvalue weighted by molar-refractivity contribution is 6.06. The molecule has 47 heavy (non-hydrogen) atoms. The molecule has 1 aliphatic heterocycles. The highest BCUT2D eigenvalue weighted by atomic mass is 16.6. The first-order valence-electron chi connectivity index (χ1n) is 17.5. The Morgan fingerprint density at radius 3 is 2.34 bits per heavy atom. The summed E-state index contributed by atoms with van der Waals surface area (Å²) in [7, 11) is 0. The molecular formula is C41H62N4O2. The zero-order chi connectivity index (χ0) is 35.7. The summed E-state index contributed by atoms with van der Waals surface area (Å²) < 4.78 is 5.67. The number of piperazine rings is 1. The molecule has 0 bridgehead atoms. The minimum absolute atomic E-state index is 0.0798. The summed E-state index contributed by atoms with van der Waals surface area (Å²) in [5.41, 5.74) is 10.4. The molecule has 1 saturated heterocycles. The van der Waals surface area contributed by atoms with Crippen LogP contribution in [0.1, 0.15) is 115 Å². The van der Waals surface area contributed by atoms with Gasteiger partial charge in [-0.3, -0.25) is 4.99 Å². The van der Waals surface area contributed by atoms with E-state index in [-0.39, 0.29) is 12.1 Å². The number of amides is 1. The summed E-state index contributed by atoms with van der Waals surface area (Å²) in [6, 6.07) is 2.33. The number of nitriles is 1. The first-order valence-corrected chi connectivity index (χ1v) is 17.5. The molecule has 2 aliphatic rings. The molecule has 2 rings (SSSR count). The van der Waals surface area contributed by atoms with Crippen LogP contribution in [0.3, 0.4) is 0 Å². The highest BCUT2D eigenvalue weighted by Gasteiger charge is 2.32. The molecule has 6 nitrogen and oxygen atoms in total. The fraction of sp³-hybridized carbons (Fsp3) is 0.561. The van der Waals surface area contributed by atoms with Crippen molar-refractivity contribution in [3.05, 3.63) is 88.5 Å². The Labute approximate surface area is 287 Å². The van der Waals surface area contributed by atoms with Crippen molar-refractivity contribution in [1.82, 2.24) is 9.80 Å². The van der Waals surface area contributed by atoms with Crippen LogP contribution in [0, 0.1) is 17.2 Å². The molecule has 0 N–H and O–H groups in total. The van der Waals surface area contributed by atoms with E-state index < -0.39 is 5.60 Å². The minimum Gasteiger partial charge on any atom is -0.444 e. The van der Waals surface area contributed by atoms with Crippen LogP contribution in [0.2, 0.25) is 0 Å². The van der Waals surface area contributed by atoms with Crippen molar-refractivity contribution in [2.45, 2.75) is 126 Å². The largest absolute Gasteiger partial charge is 0.444 e. The first kappa shape index (κ1) is 41.2. The zero-order valence-electron chi connectivity index (χ0n) is 31.4. The molecule has 1 fully saturated rings. The standard InChI is InChI=1S/C37H52N4O2.C4H10/c1-12-16-31(13-2)33(14-3)35(29(8)41-20-19-40(25-28(41)7)36(42)43-37(9,10)11)34(39-15-4)22-27(6)32-21-26(5)17-18-30(23-32)24-38;1-3-4-2/h14-15,17-18,23,28,31H,4,6,12-13,16,19-20,22,25H2,1-3,5,7-11H3;3-4H2,1-2H3/b33-14-,35-29+,39-34?;. The highest BCUT2D eigenvalue weighted by Crippen LogP contribution is 2.35. The molecule has 0 aromatic carbocycles. The van der Waals surface area contributed by atoms with Crippen molar-refractivity contribution in [3.8, 4) is 6.07 Å². The number of rotatable bonds is 12. The van der Waals surface area contributed by atoms with Crippen LogP contribution in [-0.2, 0) is 4.74 Å². The smallest absolute Gasteiger partial charge is 0.410 e. The Bertz CT molecular complexity index is 1360. The van der Waals surface area contributed by atoms with Gasteiger partial charge in [0, 0.05) is 55.1 Å². The summed E-state index contributed by atoms with van der Waals surface area (Å²) in [5, 5.41) is 9.61. The number of hydrogen-bond donors (Lipinski definition) is 0. The Hall–Kier alpha value is -3.81. The van der Waals surface area contributed by atoms with E-state index in [1.54, 1.807) is 6.20 Å². The molecule has 6 heteroatoms. The molecule has 0 saturated carbocycles. The number of carbonyl (C=O) groups is 1. The lowest BCUT2D eigenvalue weighted by Crippen LogP contribution is -2.54. The molecule has 0 aromatic heterocycles. The SMILES string of the molecule is C=CN=C(CC(=C)C1=C=C(C)C=CC(C#N)=C1)C(/C(=C\C)C(CC)CCC)=C(\C)N1CCN(C(=O)OC(C)(C)C)CC1C.CCCC. The average molecular weight is 643 g/mol. The minimum atomic E-state index is -0.534. The molecular weight excluding hydrogens is 580 g/mol. The summed E-state index contributed by atoms with van der Waals surface area (Å²) in [6.07, 6.45) is 15.4. The van der Waals surface area contributed by atoms with Gasteiger partial charge >= 0.3 is 6.09 Å². The van der Waals surface area contributed by atoms with Gasteiger partial charge in [-0.2, -0.15) is 5.26 Å². The summed E-state index contributed by atoms with van der Waals surface area (Å²) >= 11 is 0. The first-order chi connectivity index (χ1) is 22.2. The van der Waals surface area contributed by atoms with E-state index in [0.29, 0.717) is 37.5 Å². The van der Waals surface area contributed by atoms with E-state index in [4.69, 9.17) is 9.73 Å². The molecule has 258 valence electrons. The predicted molar refractivity (Wildman–Crippen MR) is 200 cm³/mol. The lowest BCUT2D eigenvalue weighted by Gasteiger charge is -2.43. The summed E-state index contributed by atoms with van der Waals surface area (Å²) in [6.45, 7) is 33.2. The van der Waals surface area contributed by atoms with Crippen LogP contribution in [-0.4, -0.2) is 52.9 Å². The van der Waals surface area contributed by atoms with Crippen molar-refractivity contribution in [1.29, 1.82) is 5.26 Å². The Kier molecular flexibility index (Phi) is 17.9. The van der Waals surface area contributed by atoms with Crippen LogP contribution < -0.4 is 0 Å². The van der Waals surface area contributed by atoms with E-state index >= 15 is 0 Å². The van der Waals surface area contributed by atoms with Crippen LogP contribution in [0.4, 0.5) is 4.79 Å². The lowest BCUT2D eigenvalue weighted by molar-refractivity contribution is 0.0101. The zero-order valence-corrected chi connectivity index (χ0v) is 31.4. The van der Waals surface area contributed by atoms with E-state index in [9.17, 15) is 10.1 Å². The molecule has 0 spiro atoms. The van der Waals surface area contributed by atoms with Gasteiger partial charge in [-0.15, -0.1) is 5.73 Å². The quantitative estimate of drug-likeness (QED) is 0.121. The predicted octanol–water partition coefficient (Wildman–Crippen LogP) is 10.8. The van der Waals surface area contributed by atoms with E-state index in [1.165, 1.54) is 18.4 Å². The lowest BCUT2D eigenvalue weighted by atomic mass is 9.81. The number of hydrogen-bond acceptors (Lipinski definition) is 5. The second-order valence-electron chi connectivity index (χ2n) is 13.4. The fourth-order valence-corrected chi connectivity index (χ4v) is 5.76. The molecule has 0 aromatic rings. The Balaban J connectivity index is 0.00000260. The second-order valence-corrected chi connectivity index (χ2v) is 13.4. The van der Waals surface area contributed by atoms with Crippen molar-refractivity contribution < 1.29 is 9.53 Å². The number of allylic oxidation sites excluding steroid dienone is 10. The maximum Gasteiger partial charge on any atom is 0.410 e. The van der Waals surface area contributed by atoms with E-state index in [0.717, 1.165) is 53.0 Å². The van der Waals surface area contributed by atoms with Crippen molar-refractivity contribution in [2.24, 2.45) is 10.9 Å². The van der Waals surface area contributed by atoms with Gasteiger partial charge in [0.1, 0.15) is 5.60 Å².